The van der Waals surface area contributed by atoms with Crippen molar-refractivity contribution in [1.29, 1.82) is 0 Å². The van der Waals surface area contributed by atoms with Gasteiger partial charge in [0.25, 0.3) is 0 Å². The van der Waals surface area contributed by atoms with Crippen molar-refractivity contribution in [2.45, 2.75) is 54.8 Å². The van der Waals surface area contributed by atoms with E-state index in [1.807, 2.05) is 0 Å². The molecule has 0 saturated carbocycles. The first-order valence-corrected chi connectivity index (χ1v) is 7.04. The van der Waals surface area contributed by atoms with Crippen molar-refractivity contribution in [2.75, 3.05) is 19.8 Å². The van der Waals surface area contributed by atoms with Gasteiger partial charge in [-0.3, -0.25) is 0 Å². The van der Waals surface area contributed by atoms with E-state index in [0.29, 0.717) is 0 Å². The molecule has 3 aliphatic heterocycles. The summed E-state index contributed by atoms with van der Waals surface area (Å²) in [6, 6.07) is 0. The fraction of sp³-hybridized carbons (Fsp3) is 1.00. The Hall–Kier alpha value is -0.440. The van der Waals surface area contributed by atoms with Crippen LogP contribution in [0.5, 0.6) is 0 Å². The van der Waals surface area contributed by atoms with Crippen LogP contribution < -0.4 is 0 Å². The molecule has 0 unspecified atom stereocenters. The van der Waals surface area contributed by atoms with Crippen LogP contribution in [0.4, 0.5) is 0 Å². The lowest BCUT2D eigenvalue weighted by Crippen LogP contribution is -2.53. The number of rotatable bonds is 2. The highest BCUT2D eigenvalue weighted by Crippen LogP contribution is 2.28. The lowest BCUT2D eigenvalue weighted by Gasteiger charge is -2.32. The lowest BCUT2D eigenvalue weighted by molar-refractivity contribution is -0.248. The van der Waals surface area contributed by atoms with Crippen molar-refractivity contribution >= 4 is 0 Å². The minimum Gasteiger partial charge on any atom is -0.394 e. The number of ether oxygens (including phenoxy) is 3. The maximum Gasteiger partial charge on any atom is 0.219 e. The number of aliphatic hydroxyl groups excluding tert-OH is 7. The Bertz CT molecular complexity index is 375. The first-order chi connectivity index (χ1) is 10.7. The van der Waals surface area contributed by atoms with Gasteiger partial charge in [-0.25, -0.2) is 0 Å². The van der Waals surface area contributed by atoms with E-state index in [4.69, 9.17) is 35.0 Å². The molecule has 136 valence electrons. The molecule has 11 heteroatoms. The fourth-order valence-electron chi connectivity index (χ4n) is 2.53. The van der Waals surface area contributed by atoms with Gasteiger partial charge in [0.15, 0.2) is 6.29 Å². The summed E-state index contributed by atoms with van der Waals surface area (Å²) in [6.07, 6.45) is -8.62. The zero-order valence-corrected chi connectivity index (χ0v) is 12.0. The number of aliphatic hydroxyl groups is 8. The highest BCUT2D eigenvalue weighted by Gasteiger charge is 2.52. The van der Waals surface area contributed by atoms with E-state index in [2.05, 4.69) is 4.74 Å². The van der Waals surface area contributed by atoms with Gasteiger partial charge in [-0.05, 0) is 0 Å². The first kappa shape index (κ1) is 18.9. The van der Waals surface area contributed by atoms with E-state index in [9.17, 15) is 15.3 Å². The predicted molar refractivity (Wildman–Crippen MR) is 68.6 cm³/mol. The molecule has 9 atom stereocenters. The van der Waals surface area contributed by atoms with Crippen molar-refractivity contribution in [1.82, 2.24) is 0 Å². The lowest BCUT2D eigenvalue weighted by atomic mass is 10.0. The Kier molecular flexibility index (Phi) is 5.92. The number of hydrogen-bond acceptors (Lipinski definition) is 11. The summed E-state index contributed by atoms with van der Waals surface area (Å²) in [5.41, 5.74) is 0. The Morgan fingerprint density at radius 3 is 2.04 bits per heavy atom. The van der Waals surface area contributed by atoms with Crippen LogP contribution in [-0.2, 0) is 14.2 Å². The van der Waals surface area contributed by atoms with Crippen LogP contribution in [0.25, 0.3) is 0 Å². The molecule has 3 rings (SSSR count). The summed E-state index contributed by atoms with van der Waals surface area (Å²) in [5.74, 6) is -2.16. The summed E-state index contributed by atoms with van der Waals surface area (Å²) in [5, 5.41) is 72.2. The van der Waals surface area contributed by atoms with Crippen LogP contribution in [0.1, 0.15) is 0 Å². The SMILES string of the molecule is OC[C@H]1O[C@](O)(CO)[C@@H](O)[C@@H]1O.O[C@@H]1[C@@H](O)[C@@H]2OC[C@@H](O2)[C@H]1O. The van der Waals surface area contributed by atoms with Gasteiger partial charge in [-0.15, -0.1) is 0 Å². The van der Waals surface area contributed by atoms with Crippen LogP contribution in [-0.4, -0.2) is 115 Å². The van der Waals surface area contributed by atoms with E-state index in [-0.39, 0.29) is 6.61 Å². The molecular weight excluding hydrogens is 320 g/mol. The normalized spacial score (nSPS) is 52.2. The van der Waals surface area contributed by atoms with E-state index in [1.165, 1.54) is 0 Å². The second kappa shape index (κ2) is 7.21. The van der Waals surface area contributed by atoms with E-state index < -0.39 is 68.0 Å². The molecule has 0 amide bonds. The molecule has 3 saturated heterocycles. The molecule has 0 aromatic heterocycles. The smallest absolute Gasteiger partial charge is 0.219 e. The second-order valence-corrected chi connectivity index (χ2v) is 5.63. The summed E-state index contributed by atoms with van der Waals surface area (Å²) in [4.78, 5) is 0. The molecule has 11 nitrogen and oxygen atoms in total. The fourth-order valence-corrected chi connectivity index (χ4v) is 2.53. The molecule has 0 radical (unpaired) electrons. The molecule has 0 aromatic rings. The van der Waals surface area contributed by atoms with Gasteiger partial charge in [0.05, 0.1) is 19.8 Å². The standard InChI is InChI=1S/C6H12O6.C6H10O5/c7-1-3-4(9)5(10)6(11,2-8)12-3;7-3-2-1-10-6(11-2)5(9)4(3)8/h3-5,7-11H,1-2H2;2-9H,1H2/t3-,4-,5+,6-;2-,3-,4+,5-,6-/m11/s1. The van der Waals surface area contributed by atoms with Gasteiger partial charge in [-0.1, -0.05) is 0 Å². The molecule has 0 aliphatic carbocycles. The second-order valence-electron chi connectivity index (χ2n) is 5.63. The van der Waals surface area contributed by atoms with Crippen LogP contribution in [0.15, 0.2) is 0 Å². The summed E-state index contributed by atoms with van der Waals surface area (Å²) in [7, 11) is 0. The van der Waals surface area contributed by atoms with Gasteiger partial charge in [0.1, 0.15) is 42.7 Å². The average molecular weight is 342 g/mol. The van der Waals surface area contributed by atoms with Crippen molar-refractivity contribution in [3.63, 3.8) is 0 Å². The topological polar surface area (TPSA) is 190 Å². The molecule has 8 N–H and O–H groups in total. The van der Waals surface area contributed by atoms with Crippen molar-refractivity contribution in [3.8, 4) is 0 Å². The maximum absolute atomic E-state index is 9.25. The average Bonchev–Trinajstić information content (AvgIpc) is 3.10. The molecule has 2 bridgehead atoms. The van der Waals surface area contributed by atoms with Crippen LogP contribution in [0.2, 0.25) is 0 Å². The van der Waals surface area contributed by atoms with Gasteiger partial charge in [0.2, 0.25) is 5.79 Å². The van der Waals surface area contributed by atoms with Crippen LogP contribution >= 0.6 is 0 Å². The maximum atomic E-state index is 9.25. The molecule has 3 aliphatic rings. The largest absolute Gasteiger partial charge is 0.394 e. The first-order valence-electron chi connectivity index (χ1n) is 7.04. The Morgan fingerprint density at radius 1 is 0.913 bits per heavy atom. The van der Waals surface area contributed by atoms with Gasteiger partial charge in [0, 0.05) is 0 Å². The Balaban J connectivity index is 0.000000167. The predicted octanol–water partition coefficient (Wildman–Crippen LogP) is -5.40. The van der Waals surface area contributed by atoms with Crippen LogP contribution in [0, 0.1) is 0 Å². The Labute approximate surface area is 130 Å². The van der Waals surface area contributed by atoms with E-state index in [0.717, 1.165) is 0 Å². The molecule has 0 aromatic carbocycles. The van der Waals surface area contributed by atoms with Crippen molar-refractivity contribution in [2.24, 2.45) is 0 Å². The third-order valence-electron chi connectivity index (χ3n) is 4.02. The molecule has 3 fully saturated rings. The van der Waals surface area contributed by atoms with Gasteiger partial charge >= 0.3 is 0 Å². The van der Waals surface area contributed by atoms with Crippen molar-refractivity contribution < 1.29 is 55.1 Å². The number of fused-ring (bicyclic) bond motifs is 2. The van der Waals surface area contributed by atoms with Crippen LogP contribution in [0.3, 0.4) is 0 Å². The summed E-state index contributed by atoms with van der Waals surface area (Å²) < 4.78 is 14.6. The monoisotopic (exact) mass is 342 g/mol. The number of hydrogen-bond donors (Lipinski definition) is 8. The molecule has 0 spiro atoms. The minimum atomic E-state index is -2.16. The van der Waals surface area contributed by atoms with Gasteiger partial charge in [-0.2, -0.15) is 0 Å². The van der Waals surface area contributed by atoms with E-state index >= 15 is 0 Å². The summed E-state index contributed by atoms with van der Waals surface area (Å²) >= 11 is 0. The molecule has 23 heavy (non-hydrogen) atoms. The molecule has 3 heterocycles. The zero-order valence-electron chi connectivity index (χ0n) is 12.0. The minimum absolute atomic E-state index is 0.236. The van der Waals surface area contributed by atoms with E-state index in [1.54, 1.807) is 0 Å². The highest BCUT2D eigenvalue weighted by atomic mass is 16.7. The highest BCUT2D eigenvalue weighted by molar-refractivity contribution is 4.95. The third-order valence-corrected chi connectivity index (χ3v) is 4.02. The van der Waals surface area contributed by atoms with Crippen molar-refractivity contribution in [3.05, 3.63) is 0 Å². The Morgan fingerprint density at radius 2 is 1.57 bits per heavy atom. The molecular formula is C12H22O11. The van der Waals surface area contributed by atoms with Gasteiger partial charge < -0.3 is 55.1 Å². The third kappa shape index (κ3) is 3.50. The quantitative estimate of drug-likeness (QED) is 0.239. The zero-order chi connectivity index (χ0) is 17.4. The summed E-state index contributed by atoms with van der Waals surface area (Å²) in [6.45, 7) is -1.12.